The molecular weight excluding hydrogens is 212 g/mol. The second-order valence-corrected chi connectivity index (χ2v) is 4.03. The first-order chi connectivity index (χ1) is 8.38. The number of para-hydroxylation sites is 1. The van der Waals surface area contributed by atoms with E-state index in [1.165, 1.54) is 19.3 Å². The van der Waals surface area contributed by atoms with Crippen LogP contribution >= 0.6 is 0 Å². The number of rotatable bonds is 8. The minimum Gasteiger partial charge on any atom is -0.493 e. The van der Waals surface area contributed by atoms with Gasteiger partial charge in [-0.15, -0.1) is 0 Å². The van der Waals surface area contributed by atoms with E-state index in [2.05, 4.69) is 6.92 Å². The molecule has 0 aromatic heterocycles. The van der Waals surface area contributed by atoms with Gasteiger partial charge in [0.05, 0.1) is 13.2 Å². The molecule has 0 amide bonds. The largest absolute Gasteiger partial charge is 0.493 e. The van der Waals surface area contributed by atoms with E-state index >= 15 is 0 Å². The van der Waals surface area contributed by atoms with Crippen molar-refractivity contribution in [2.24, 2.45) is 0 Å². The summed E-state index contributed by atoms with van der Waals surface area (Å²) in [4.78, 5) is 0. The van der Waals surface area contributed by atoms with Gasteiger partial charge in [0.15, 0.2) is 0 Å². The van der Waals surface area contributed by atoms with Gasteiger partial charge in [0, 0.05) is 5.56 Å². The predicted molar refractivity (Wildman–Crippen MR) is 72.2 cm³/mol. The van der Waals surface area contributed by atoms with Crippen LogP contribution in [-0.2, 0) is 0 Å². The van der Waals surface area contributed by atoms with Gasteiger partial charge in [0.1, 0.15) is 5.75 Å². The van der Waals surface area contributed by atoms with Crippen molar-refractivity contribution < 1.29 is 9.84 Å². The third-order valence-corrected chi connectivity index (χ3v) is 2.58. The lowest BCUT2D eigenvalue weighted by Crippen LogP contribution is -1.98. The molecule has 1 aromatic rings. The summed E-state index contributed by atoms with van der Waals surface area (Å²) in [6.07, 6.45) is 8.46. The van der Waals surface area contributed by atoms with Crippen molar-refractivity contribution in [2.45, 2.75) is 32.6 Å². The predicted octanol–water partition coefficient (Wildman–Crippen LogP) is 3.65. The molecule has 0 radical (unpaired) electrons. The van der Waals surface area contributed by atoms with E-state index < -0.39 is 0 Å². The Kier molecular flexibility index (Phi) is 7.15. The standard InChI is InChI=1S/C15H22O2/c1-2-3-4-7-13-17-15-11-6-5-9-14(15)10-8-12-16/h5-6,8-11,16H,2-4,7,12-13H2,1H3/b10-8+. The van der Waals surface area contributed by atoms with Crippen LogP contribution in [0.2, 0.25) is 0 Å². The molecule has 2 nitrogen and oxygen atoms in total. The molecule has 0 aliphatic heterocycles. The fourth-order valence-electron chi connectivity index (χ4n) is 1.64. The van der Waals surface area contributed by atoms with Gasteiger partial charge < -0.3 is 9.84 Å². The molecule has 0 bridgehead atoms. The number of ether oxygens (including phenoxy) is 1. The molecule has 0 spiro atoms. The summed E-state index contributed by atoms with van der Waals surface area (Å²) in [5.41, 5.74) is 1.03. The van der Waals surface area contributed by atoms with Gasteiger partial charge in [-0.3, -0.25) is 0 Å². The summed E-state index contributed by atoms with van der Waals surface area (Å²) in [6.45, 7) is 3.03. The number of aliphatic hydroxyl groups excluding tert-OH is 1. The lowest BCUT2D eigenvalue weighted by Gasteiger charge is -2.08. The third-order valence-electron chi connectivity index (χ3n) is 2.58. The van der Waals surface area contributed by atoms with Crippen LogP contribution in [0.25, 0.3) is 6.08 Å². The smallest absolute Gasteiger partial charge is 0.126 e. The highest BCUT2D eigenvalue weighted by Gasteiger charge is 1.98. The maximum absolute atomic E-state index is 8.76. The van der Waals surface area contributed by atoms with Crippen molar-refractivity contribution in [3.8, 4) is 5.75 Å². The van der Waals surface area contributed by atoms with Gasteiger partial charge in [-0.1, -0.05) is 56.5 Å². The van der Waals surface area contributed by atoms with Gasteiger partial charge in [-0.25, -0.2) is 0 Å². The second kappa shape index (κ2) is 8.82. The molecule has 0 atom stereocenters. The minimum absolute atomic E-state index is 0.0604. The Labute approximate surface area is 104 Å². The molecule has 17 heavy (non-hydrogen) atoms. The van der Waals surface area contributed by atoms with Crippen LogP contribution in [0, 0.1) is 0 Å². The van der Waals surface area contributed by atoms with E-state index in [9.17, 15) is 0 Å². The summed E-state index contributed by atoms with van der Waals surface area (Å²) in [5.74, 6) is 0.897. The Hall–Kier alpha value is -1.28. The Bertz CT molecular complexity index is 331. The Morgan fingerprint density at radius 2 is 2.00 bits per heavy atom. The first-order valence-corrected chi connectivity index (χ1v) is 6.37. The molecule has 2 heteroatoms. The molecule has 0 saturated carbocycles. The zero-order chi connectivity index (χ0) is 12.3. The molecule has 0 saturated heterocycles. The van der Waals surface area contributed by atoms with Crippen molar-refractivity contribution >= 4 is 6.08 Å². The molecule has 1 aromatic carbocycles. The summed E-state index contributed by atoms with van der Waals surface area (Å²) in [7, 11) is 0. The van der Waals surface area contributed by atoms with Gasteiger partial charge in [0.2, 0.25) is 0 Å². The maximum Gasteiger partial charge on any atom is 0.126 e. The van der Waals surface area contributed by atoms with Crippen molar-refractivity contribution in [3.05, 3.63) is 35.9 Å². The molecule has 0 unspecified atom stereocenters. The number of hydrogen-bond donors (Lipinski definition) is 1. The van der Waals surface area contributed by atoms with Crippen LogP contribution in [0.15, 0.2) is 30.3 Å². The van der Waals surface area contributed by atoms with Crippen LogP contribution in [0.3, 0.4) is 0 Å². The van der Waals surface area contributed by atoms with Gasteiger partial charge in [-0.05, 0) is 12.5 Å². The van der Waals surface area contributed by atoms with Crippen LogP contribution < -0.4 is 4.74 Å². The highest BCUT2D eigenvalue weighted by molar-refractivity contribution is 5.57. The summed E-state index contributed by atoms with van der Waals surface area (Å²) >= 11 is 0. The van der Waals surface area contributed by atoms with Gasteiger partial charge in [0.25, 0.3) is 0 Å². The van der Waals surface area contributed by atoms with E-state index in [0.717, 1.165) is 24.3 Å². The lowest BCUT2D eigenvalue weighted by atomic mass is 10.2. The van der Waals surface area contributed by atoms with Crippen molar-refractivity contribution in [2.75, 3.05) is 13.2 Å². The summed E-state index contributed by atoms with van der Waals surface area (Å²) in [5, 5.41) is 8.76. The molecule has 0 heterocycles. The minimum atomic E-state index is 0.0604. The van der Waals surface area contributed by atoms with Crippen molar-refractivity contribution in [3.63, 3.8) is 0 Å². The Morgan fingerprint density at radius 3 is 2.76 bits per heavy atom. The quantitative estimate of drug-likeness (QED) is 0.696. The molecule has 0 aliphatic rings. The molecule has 1 rings (SSSR count). The Morgan fingerprint density at radius 1 is 1.18 bits per heavy atom. The monoisotopic (exact) mass is 234 g/mol. The maximum atomic E-state index is 8.76. The molecule has 0 aliphatic carbocycles. The SMILES string of the molecule is CCCCCCOc1ccccc1/C=C/CO. The van der Waals surface area contributed by atoms with Crippen LogP contribution in [-0.4, -0.2) is 18.3 Å². The average molecular weight is 234 g/mol. The lowest BCUT2D eigenvalue weighted by molar-refractivity contribution is 0.304. The van der Waals surface area contributed by atoms with Gasteiger partial charge in [-0.2, -0.15) is 0 Å². The number of unbranched alkanes of at least 4 members (excludes halogenated alkanes) is 3. The number of benzene rings is 1. The van der Waals surface area contributed by atoms with E-state index in [4.69, 9.17) is 9.84 Å². The van der Waals surface area contributed by atoms with E-state index in [1.807, 2.05) is 30.3 Å². The number of aliphatic hydroxyl groups is 1. The van der Waals surface area contributed by atoms with E-state index in [-0.39, 0.29) is 6.61 Å². The summed E-state index contributed by atoms with van der Waals surface area (Å²) < 4.78 is 5.75. The first-order valence-electron chi connectivity index (χ1n) is 6.37. The zero-order valence-corrected chi connectivity index (χ0v) is 10.6. The number of hydrogen-bond acceptors (Lipinski definition) is 2. The average Bonchev–Trinajstić information content (AvgIpc) is 2.37. The molecular formula is C15H22O2. The fourth-order valence-corrected chi connectivity index (χ4v) is 1.64. The topological polar surface area (TPSA) is 29.5 Å². The van der Waals surface area contributed by atoms with E-state index in [0.29, 0.717) is 0 Å². The molecule has 94 valence electrons. The van der Waals surface area contributed by atoms with Crippen molar-refractivity contribution in [1.82, 2.24) is 0 Å². The summed E-state index contributed by atoms with van der Waals surface area (Å²) in [6, 6.07) is 7.91. The second-order valence-electron chi connectivity index (χ2n) is 4.03. The van der Waals surface area contributed by atoms with Crippen LogP contribution in [0.5, 0.6) is 5.75 Å². The zero-order valence-electron chi connectivity index (χ0n) is 10.6. The highest BCUT2D eigenvalue weighted by atomic mass is 16.5. The first kappa shape index (κ1) is 13.8. The van der Waals surface area contributed by atoms with Crippen molar-refractivity contribution in [1.29, 1.82) is 0 Å². The van der Waals surface area contributed by atoms with Crippen LogP contribution in [0.1, 0.15) is 38.2 Å². The fraction of sp³-hybridized carbons (Fsp3) is 0.467. The molecule has 1 N–H and O–H groups in total. The van der Waals surface area contributed by atoms with E-state index in [1.54, 1.807) is 6.08 Å². The van der Waals surface area contributed by atoms with Gasteiger partial charge >= 0.3 is 0 Å². The molecule has 0 fully saturated rings. The van der Waals surface area contributed by atoms with Crippen LogP contribution in [0.4, 0.5) is 0 Å². The Balaban J connectivity index is 2.43. The normalized spacial score (nSPS) is 10.9. The third kappa shape index (κ3) is 5.55. The highest BCUT2D eigenvalue weighted by Crippen LogP contribution is 2.19.